The van der Waals surface area contributed by atoms with E-state index in [0.29, 0.717) is 16.9 Å². The van der Waals surface area contributed by atoms with Crippen molar-refractivity contribution in [2.75, 3.05) is 0 Å². The number of rotatable bonds is 5. The van der Waals surface area contributed by atoms with Crippen LogP contribution in [-0.4, -0.2) is 18.1 Å². The van der Waals surface area contributed by atoms with Gasteiger partial charge in [0.2, 0.25) is 0 Å². The van der Waals surface area contributed by atoms with Gasteiger partial charge in [0.15, 0.2) is 0 Å². The largest absolute Gasteiger partial charge is 0.423 e. The van der Waals surface area contributed by atoms with Gasteiger partial charge in [0.05, 0.1) is 11.8 Å². The highest BCUT2D eigenvalue weighted by Crippen LogP contribution is 2.16. The number of hydrogen-bond donors (Lipinski definition) is 1. The monoisotopic (exact) mass is 500 g/mol. The molecule has 0 aliphatic rings. The van der Waals surface area contributed by atoms with E-state index in [2.05, 4.69) is 42.4 Å². The second-order valence-corrected chi connectivity index (χ2v) is 7.50. The SMILES string of the molecule is O=C(N/N=C\c1ccc(OC(=O)c2ccc(Br)cc2)cc1)c1ccc(Br)cc1. The number of benzene rings is 3. The highest BCUT2D eigenvalue weighted by Gasteiger charge is 2.08. The summed E-state index contributed by atoms with van der Waals surface area (Å²) in [6.07, 6.45) is 1.51. The van der Waals surface area contributed by atoms with E-state index in [1.807, 2.05) is 0 Å². The quantitative estimate of drug-likeness (QED) is 0.226. The summed E-state index contributed by atoms with van der Waals surface area (Å²) in [5.41, 5.74) is 4.19. The Balaban J connectivity index is 1.55. The van der Waals surface area contributed by atoms with Crippen LogP contribution in [0.25, 0.3) is 0 Å². The van der Waals surface area contributed by atoms with Gasteiger partial charge in [0, 0.05) is 14.5 Å². The van der Waals surface area contributed by atoms with Crippen LogP contribution in [0.5, 0.6) is 5.75 Å². The number of ether oxygens (including phenoxy) is 1. The lowest BCUT2D eigenvalue weighted by Gasteiger charge is -2.05. The Morgan fingerprint density at radius 2 is 1.32 bits per heavy atom. The number of hydrogen-bond acceptors (Lipinski definition) is 4. The van der Waals surface area contributed by atoms with Crippen LogP contribution in [0, 0.1) is 0 Å². The molecular weight excluding hydrogens is 488 g/mol. The first-order valence-electron chi connectivity index (χ1n) is 8.18. The maximum Gasteiger partial charge on any atom is 0.343 e. The van der Waals surface area contributed by atoms with Crippen molar-refractivity contribution in [2.24, 2.45) is 5.10 Å². The molecule has 0 heterocycles. The summed E-state index contributed by atoms with van der Waals surface area (Å²) in [5, 5.41) is 3.94. The summed E-state index contributed by atoms with van der Waals surface area (Å²) in [6, 6.07) is 20.7. The molecule has 7 heteroatoms. The van der Waals surface area contributed by atoms with Gasteiger partial charge in [-0.1, -0.05) is 31.9 Å². The van der Waals surface area contributed by atoms with Crippen LogP contribution in [0.3, 0.4) is 0 Å². The lowest BCUT2D eigenvalue weighted by atomic mass is 10.2. The zero-order chi connectivity index (χ0) is 19.9. The van der Waals surface area contributed by atoms with Crippen molar-refractivity contribution in [3.63, 3.8) is 0 Å². The second-order valence-electron chi connectivity index (χ2n) is 5.67. The minimum absolute atomic E-state index is 0.302. The third-order valence-electron chi connectivity index (χ3n) is 3.66. The Morgan fingerprint density at radius 1 is 0.786 bits per heavy atom. The third-order valence-corrected chi connectivity index (χ3v) is 4.71. The smallest absolute Gasteiger partial charge is 0.343 e. The van der Waals surface area contributed by atoms with Crippen LogP contribution >= 0.6 is 31.9 Å². The molecule has 3 aromatic carbocycles. The maximum atomic E-state index is 12.1. The Hall–Kier alpha value is -2.77. The molecule has 3 aromatic rings. The first kappa shape index (κ1) is 20.0. The molecule has 1 N–H and O–H groups in total. The van der Waals surface area contributed by atoms with Gasteiger partial charge in [-0.05, 0) is 78.4 Å². The van der Waals surface area contributed by atoms with Gasteiger partial charge in [-0.2, -0.15) is 5.10 Å². The molecular formula is C21H14Br2N2O3. The molecule has 0 atom stereocenters. The minimum Gasteiger partial charge on any atom is -0.423 e. The molecule has 0 saturated heterocycles. The van der Waals surface area contributed by atoms with Crippen LogP contribution in [0.4, 0.5) is 0 Å². The van der Waals surface area contributed by atoms with E-state index in [1.54, 1.807) is 72.8 Å². The fourth-order valence-electron chi connectivity index (χ4n) is 2.21. The molecule has 140 valence electrons. The highest BCUT2D eigenvalue weighted by atomic mass is 79.9. The lowest BCUT2D eigenvalue weighted by Crippen LogP contribution is -2.17. The predicted molar refractivity (Wildman–Crippen MR) is 115 cm³/mol. The molecule has 0 spiro atoms. The molecule has 0 aromatic heterocycles. The summed E-state index contributed by atoms with van der Waals surface area (Å²) in [5.74, 6) is -0.316. The van der Waals surface area contributed by atoms with Crippen molar-refractivity contribution < 1.29 is 14.3 Å². The summed E-state index contributed by atoms with van der Waals surface area (Å²) in [6.45, 7) is 0. The van der Waals surface area contributed by atoms with Crippen LogP contribution in [-0.2, 0) is 0 Å². The molecule has 0 radical (unpaired) electrons. The lowest BCUT2D eigenvalue weighted by molar-refractivity contribution is 0.0734. The predicted octanol–water partition coefficient (Wildman–Crippen LogP) is 5.19. The number of hydrazone groups is 1. The number of carbonyl (C=O) groups is 2. The van der Waals surface area contributed by atoms with Gasteiger partial charge in [0.25, 0.3) is 5.91 Å². The first-order chi connectivity index (χ1) is 13.5. The molecule has 0 aliphatic carbocycles. The van der Waals surface area contributed by atoms with Crippen LogP contribution in [0.15, 0.2) is 86.8 Å². The molecule has 0 aliphatic heterocycles. The fourth-order valence-corrected chi connectivity index (χ4v) is 2.73. The Morgan fingerprint density at radius 3 is 1.89 bits per heavy atom. The van der Waals surface area contributed by atoms with Crippen LogP contribution < -0.4 is 10.2 Å². The number of esters is 1. The van der Waals surface area contributed by atoms with Crippen LogP contribution in [0.2, 0.25) is 0 Å². The standard InChI is InChI=1S/C21H14Br2N2O3/c22-17-7-3-15(4-8-17)20(26)25-24-13-14-1-11-19(12-2-14)28-21(27)16-5-9-18(23)10-6-16/h1-13H,(H,25,26)/b24-13-. The zero-order valence-corrected chi connectivity index (χ0v) is 17.6. The van der Waals surface area contributed by atoms with Crippen molar-refractivity contribution >= 4 is 50.0 Å². The van der Waals surface area contributed by atoms with Gasteiger partial charge < -0.3 is 4.74 Å². The van der Waals surface area contributed by atoms with Gasteiger partial charge in [-0.3, -0.25) is 4.79 Å². The number of carbonyl (C=O) groups excluding carboxylic acids is 2. The van der Waals surface area contributed by atoms with E-state index >= 15 is 0 Å². The summed E-state index contributed by atoms with van der Waals surface area (Å²) < 4.78 is 7.12. The Bertz CT molecular complexity index is 999. The van der Waals surface area contributed by atoms with Gasteiger partial charge in [-0.15, -0.1) is 0 Å². The molecule has 28 heavy (non-hydrogen) atoms. The summed E-state index contributed by atoms with van der Waals surface area (Å²) in [7, 11) is 0. The molecule has 0 unspecified atom stereocenters. The molecule has 3 rings (SSSR count). The molecule has 0 fully saturated rings. The van der Waals surface area contributed by atoms with Crippen molar-refractivity contribution in [2.45, 2.75) is 0 Å². The molecule has 5 nitrogen and oxygen atoms in total. The summed E-state index contributed by atoms with van der Waals surface area (Å²) in [4.78, 5) is 24.1. The van der Waals surface area contributed by atoms with Crippen molar-refractivity contribution in [1.29, 1.82) is 0 Å². The summed E-state index contributed by atoms with van der Waals surface area (Å²) >= 11 is 6.64. The van der Waals surface area contributed by atoms with Gasteiger partial charge in [-0.25, -0.2) is 10.2 Å². The van der Waals surface area contributed by atoms with E-state index in [0.717, 1.165) is 14.5 Å². The normalized spacial score (nSPS) is 10.6. The molecule has 1 amide bonds. The zero-order valence-electron chi connectivity index (χ0n) is 14.4. The third kappa shape index (κ3) is 5.61. The van der Waals surface area contributed by atoms with Crippen molar-refractivity contribution in [3.8, 4) is 5.75 Å². The minimum atomic E-state index is -0.435. The first-order valence-corrected chi connectivity index (χ1v) is 9.77. The van der Waals surface area contributed by atoms with Crippen LogP contribution in [0.1, 0.15) is 26.3 Å². The van der Waals surface area contributed by atoms with E-state index in [4.69, 9.17) is 4.74 Å². The molecule has 0 bridgehead atoms. The van der Waals surface area contributed by atoms with Gasteiger partial charge >= 0.3 is 5.97 Å². The average Bonchev–Trinajstić information content (AvgIpc) is 2.70. The Kier molecular flexibility index (Phi) is 6.73. The van der Waals surface area contributed by atoms with E-state index < -0.39 is 5.97 Å². The topological polar surface area (TPSA) is 67.8 Å². The fraction of sp³-hybridized carbons (Fsp3) is 0. The molecule has 0 saturated carbocycles. The number of nitrogens with zero attached hydrogens (tertiary/aromatic N) is 1. The van der Waals surface area contributed by atoms with Crippen molar-refractivity contribution in [1.82, 2.24) is 5.43 Å². The van der Waals surface area contributed by atoms with E-state index in [1.165, 1.54) is 6.21 Å². The maximum absolute atomic E-state index is 12.1. The number of halogens is 2. The van der Waals surface area contributed by atoms with Gasteiger partial charge in [0.1, 0.15) is 5.75 Å². The van der Waals surface area contributed by atoms with E-state index in [-0.39, 0.29) is 5.91 Å². The number of amides is 1. The average molecular weight is 502 g/mol. The second kappa shape index (κ2) is 9.43. The number of nitrogens with one attached hydrogen (secondary N) is 1. The Labute approximate surface area is 178 Å². The van der Waals surface area contributed by atoms with Crippen molar-refractivity contribution in [3.05, 3.63) is 98.4 Å². The van der Waals surface area contributed by atoms with E-state index in [9.17, 15) is 9.59 Å². The highest BCUT2D eigenvalue weighted by molar-refractivity contribution is 9.10.